The summed E-state index contributed by atoms with van der Waals surface area (Å²) < 4.78 is 1.45. The molecule has 0 radical (unpaired) electrons. The fourth-order valence-corrected chi connectivity index (χ4v) is 3.46. The molecule has 3 aromatic rings. The van der Waals surface area contributed by atoms with Crippen LogP contribution >= 0.6 is 34.5 Å². The van der Waals surface area contributed by atoms with Gasteiger partial charge in [-0.05, 0) is 30.7 Å². The highest BCUT2D eigenvalue weighted by atomic mass is 35.5. The third-order valence-corrected chi connectivity index (χ3v) is 4.96. The summed E-state index contributed by atoms with van der Waals surface area (Å²) in [4.78, 5) is 24.3. The Labute approximate surface area is 158 Å². The Morgan fingerprint density at radius 1 is 1.16 bits per heavy atom. The number of nitrogens with one attached hydrogen (secondary N) is 1. The summed E-state index contributed by atoms with van der Waals surface area (Å²) in [6.07, 6.45) is 0. The maximum Gasteiger partial charge on any atom is 0.308 e. The quantitative estimate of drug-likeness (QED) is 0.690. The molecule has 4 nitrogen and oxygen atoms in total. The molecule has 1 heterocycles. The van der Waals surface area contributed by atoms with Gasteiger partial charge in [-0.3, -0.25) is 14.2 Å². The number of carbonyl (C=O) groups is 1. The van der Waals surface area contributed by atoms with Crippen molar-refractivity contribution in [2.45, 2.75) is 13.5 Å². The van der Waals surface area contributed by atoms with Crippen molar-refractivity contribution in [1.82, 2.24) is 4.57 Å². The number of halogens is 2. The van der Waals surface area contributed by atoms with Gasteiger partial charge in [0.2, 0.25) is 5.91 Å². The standard InChI is InChI=1S/C18H14Cl2N2O2S/c1-11-2-4-12(5-3-11)16-10-25-18(24)22(16)9-17(23)21-15-8-13(19)6-7-14(15)20/h2-8,10H,9H2,1H3,(H,21,23). The summed E-state index contributed by atoms with van der Waals surface area (Å²) >= 11 is 13.0. The van der Waals surface area contributed by atoms with Crippen LogP contribution in [0.1, 0.15) is 5.56 Å². The monoisotopic (exact) mass is 392 g/mol. The highest BCUT2D eigenvalue weighted by Crippen LogP contribution is 2.26. The van der Waals surface area contributed by atoms with Crippen molar-refractivity contribution in [3.05, 3.63) is 73.1 Å². The number of thiazole rings is 1. The highest BCUT2D eigenvalue weighted by molar-refractivity contribution is 7.07. The van der Waals surface area contributed by atoms with E-state index in [2.05, 4.69) is 5.32 Å². The van der Waals surface area contributed by atoms with Crippen LogP contribution in [0.2, 0.25) is 10.0 Å². The summed E-state index contributed by atoms with van der Waals surface area (Å²) in [6.45, 7) is 1.89. The van der Waals surface area contributed by atoms with Gasteiger partial charge in [0.15, 0.2) is 0 Å². The van der Waals surface area contributed by atoms with Crippen LogP contribution in [0.3, 0.4) is 0 Å². The van der Waals surface area contributed by atoms with Gasteiger partial charge in [-0.15, -0.1) is 0 Å². The number of hydrogen-bond acceptors (Lipinski definition) is 3. The lowest BCUT2D eigenvalue weighted by Gasteiger charge is -2.10. The molecule has 3 rings (SSSR count). The maximum atomic E-state index is 12.4. The molecule has 0 unspecified atom stereocenters. The first-order valence-corrected chi connectivity index (χ1v) is 9.08. The van der Waals surface area contributed by atoms with Crippen LogP contribution < -0.4 is 10.2 Å². The van der Waals surface area contributed by atoms with E-state index in [9.17, 15) is 9.59 Å². The summed E-state index contributed by atoms with van der Waals surface area (Å²) in [5.74, 6) is -0.349. The van der Waals surface area contributed by atoms with Crippen LogP contribution in [0.15, 0.2) is 52.6 Å². The molecule has 25 heavy (non-hydrogen) atoms. The van der Waals surface area contributed by atoms with Gasteiger partial charge in [0.25, 0.3) is 0 Å². The zero-order valence-electron chi connectivity index (χ0n) is 13.3. The zero-order chi connectivity index (χ0) is 18.0. The Morgan fingerprint density at radius 3 is 2.60 bits per heavy atom. The Balaban J connectivity index is 1.84. The van der Waals surface area contributed by atoms with E-state index in [1.807, 2.05) is 31.2 Å². The molecule has 0 aliphatic carbocycles. The molecular weight excluding hydrogens is 379 g/mol. The van der Waals surface area contributed by atoms with Crippen LogP contribution in [0, 0.1) is 6.92 Å². The number of benzene rings is 2. The summed E-state index contributed by atoms with van der Waals surface area (Å²) in [7, 11) is 0. The molecule has 0 bridgehead atoms. The van der Waals surface area contributed by atoms with Crippen molar-refractivity contribution in [2.24, 2.45) is 0 Å². The second kappa shape index (κ2) is 7.44. The van der Waals surface area contributed by atoms with Crippen LogP contribution in [0.5, 0.6) is 0 Å². The van der Waals surface area contributed by atoms with E-state index in [0.717, 1.165) is 22.5 Å². The summed E-state index contributed by atoms with van der Waals surface area (Å²) in [5, 5.41) is 5.30. The van der Waals surface area contributed by atoms with Gasteiger partial charge in [0, 0.05) is 10.4 Å². The Hall–Kier alpha value is -2.08. The Morgan fingerprint density at radius 2 is 1.88 bits per heavy atom. The first kappa shape index (κ1) is 17.7. The minimum absolute atomic E-state index is 0.103. The molecule has 0 saturated heterocycles. The number of carbonyl (C=O) groups excluding carboxylic acids is 1. The molecule has 2 aromatic carbocycles. The lowest BCUT2D eigenvalue weighted by molar-refractivity contribution is -0.116. The van der Waals surface area contributed by atoms with E-state index >= 15 is 0 Å². The second-order valence-electron chi connectivity index (χ2n) is 5.51. The normalized spacial score (nSPS) is 10.7. The van der Waals surface area contributed by atoms with E-state index in [1.165, 1.54) is 4.57 Å². The molecule has 1 N–H and O–H groups in total. The minimum atomic E-state index is -0.349. The van der Waals surface area contributed by atoms with E-state index in [-0.39, 0.29) is 17.3 Å². The van der Waals surface area contributed by atoms with Crippen LogP contribution in [0.25, 0.3) is 11.3 Å². The van der Waals surface area contributed by atoms with E-state index in [1.54, 1.807) is 23.6 Å². The molecule has 128 valence electrons. The van der Waals surface area contributed by atoms with E-state index in [4.69, 9.17) is 23.2 Å². The maximum absolute atomic E-state index is 12.4. The molecule has 0 aliphatic rings. The first-order chi connectivity index (χ1) is 11.9. The fraction of sp³-hybridized carbons (Fsp3) is 0.111. The van der Waals surface area contributed by atoms with Gasteiger partial charge < -0.3 is 5.32 Å². The van der Waals surface area contributed by atoms with Crippen molar-refractivity contribution >= 4 is 46.1 Å². The lowest BCUT2D eigenvalue weighted by atomic mass is 10.1. The number of rotatable bonds is 4. The number of amides is 1. The lowest BCUT2D eigenvalue weighted by Crippen LogP contribution is -2.25. The van der Waals surface area contributed by atoms with Crippen molar-refractivity contribution < 1.29 is 4.79 Å². The average molecular weight is 393 g/mol. The van der Waals surface area contributed by atoms with Gasteiger partial charge >= 0.3 is 4.87 Å². The molecule has 0 spiro atoms. The minimum Gasteiger partial charge on any atom is -0.323 e. The van der Waals surface area contributed by atoms with E-state index in [0.29, 0.717) is 21.4 Å². The molecule has 0 aliphatic heterocycles. The highest BCUT2D eigenvalue weighted by Gasteiger charge is 2.14. The van der Waals surface area contributed by atoms with Crippen molar-refractivity contribution in [3.63, 3.8) is 0 Å². The van der Waals surface area contributed by atoms with Crippen molar-refractivity contribution in [1.29, 1.82) is 0 Å². The number of anilines is 1. The fourth-order valence-electron chi connectivity index (χ4n) is 2.36. The Bertz CT molecular complexity index is 977. The predicted octanol–water partition coefficient (Wildman–Crippen LogP) is 4.83. The first-order valence-electron chi connectivity index (χ1n) is 7.44. The number of nitrogens with zero attached hydrogens (tertiary/aromatic N) is 1. The van der Waals surface area contributed by atoms with Crippen molar-refractivity contribution in [3.8, 4) is 11.3 Å². The number of aryl methyl sites for hydroxylation is 1. The largest absolute Gasteiger partial charge is 0.323 e. The van der Waals surface area contributed by atoms with E-state index < -0.39 is 0 Å². The van der Waals surface area contributed by atoms with Crippen LogP contribution in [-0.4, -0.2) is 10.5 Å². The van der Waals surface area contributed by atoms with Gasteiger partial charge in [0.1, 0.15) is 6.54 Å². The van der Waals surface area contributed by atoms with Crippen molar-refractivity contribution in [2.75, 3.05) is 5.32 Å². The van der Waals surface area contributed by atoms with Gasteiger partial charge in [-0.25, -0.2) is 0 Å². The third-order valence-electron chi connectivity index (χ3n) is 3.63. The van der Waals surface area contributed by atoms with Crippen LogP contribution in [-0.2, 0) is 11.3 Å². The average Bonchev–Trinajstić information content (AvgIpc) is 2.93. The summed E-state index contributed by atoms with van der Waals surface area (Å²) in [6, 6.07) is 12.6. The zero-order valence-corrected chi connectivity index (χ0v) is 15.6. The molecule has 0 atom stereocenters. The molecule has 1 amide bonds. The summed E-state index contributed by atoms with van der Waals surface area (Å²) in [5.41, 5.74) is 3.14. The smallest absolute Gasteiger partial charge is 0.308 e. The number of aromatic nitrogens is 1. The van der Waals surface area contributed by atoms with Gasteiger partial charge in [-0.2, -0.15) is 0 Å². The second-order valence-corrected chi connectivity index (χ2v) is 7.18. The van der Waals surface area contributed by atoms with Gasteiger partial charge in [-0.1, -0.05) is 64.4 Å². The molecular formula is C18H14Cl2N2O2S. The predicted molar refractivity (Wildman–Crippen MR) is 104 cm³/mol. The molecule has 7 heteroatoms. The van der Waals surface area contributed by atoms with Crippen LogP contribution in [0.4, 0.5) is 5.69 Å². The van der Waals surface area contributed by atoms with Gasteiger partial charge in [0.05, 0.1) is 16.4 Å². The molecule has 1 aromatic heterocycles. The SMILES string of the molecule is Cc1ccc(-c2csc(=O)n2CC(=O)Nc2cc(Cl)ccc2Cl)cc1. The molecule has 0 saturated carbocycles. The number of hydrogen-bond donors (Lipinski definition) is 1. The molecule has 0 fully saturated rings. The Kier molecular flexibility index (Phi) is 5.27. The third kappa shape index (κ3) is 4.12. The topological polar surface area (TPSA) is 51.1 Å².